The van der Waals surface area contributed by atoms with Gasteiger partial charge in [0.05, 0.1) is 125 Å². The highest BCUT2D eigenvalue weighted by Crippen LogP contribution is 2.31. The zero-order chi connectivity index (χ0) is 80.8. The van der Waals surface area contributed by atoms with E-state index in [1.165, 1.54) is 16.5 Å². The topological polar surface area (TPSA) is 1020 Å². The lowest BCUT2D eigenvalue weighted by Crippen LogP contribution is -2.62. The fourth-order valence-electron chi connectivity index (χ4n) is 9.63. The zero-order valence-electron chi connectivity index (χ0n) is 54.5. The van der Waals surface area contributed by atoms with E-state index in [0.717, 1.165) is 7.11 Å². The number of carboxylic acids is 3. The van der Waals surface area contributed by atoms with Gasteiger partial charge in [-0.25, -0.2) is 76.8 Å². The Morgan fingerprint density at radius 3 is 1.48 bits per heavy atom. The fraction of sp³-hybridized carbons (Fsp3) is 0.900. The van der Waals surface area contributed by atoms with Crippen molar-refractivity contribution in [2.75, 3.05) is 73.0 Å². The fourth-order valence-corrected chi connectivity index (χ4v) is 13.6. The number of aliphatic hydroxyl groups is 5. The molecule has 6 rings (SSSR count). The van der Waals surface area contributed by atoms with Crippen LogP contribution in [0.2, 0.25) is 0 Å². The van der Waals surface area contributed by atoms with Crippen LogP contribution in [0.15, 0.2) is 0 Å². The Kier molecular flexibility index (Phi) is 48.3. The number of carbonyl (C=O) groups excluding carboxylic acids is 4. The number of β-amino-alcohol motifs (C(OH)–C–C–N with tert-alkyl or cyclic N) is 1. The van der Waals surface area contributed by atoms with Gasteiger partial charge in [0.1, 0.15) is 36.6 Å². The van der Waals surface area contributed by atoms with E-state index in [1.54, 1.807) is 4.72 Å². The highest BCUT2D eigenvalue weighted by atomic mass is 32.3. The Hall–Kier alpha value is -3.61. The summed E-state index contributed by atoms with van der Waals surface area (Å²) in [6.07, 6.45) is -21.9. The van der Waals surface area contributed by atoms with E-state index in [-0.39, 0.29) is 85.5 Å². The molecule has 6 saturated heterocycles. The van der Waals surface area contributed by atoms with Crippen molar-refractivity contribution in [3.8, 4) is 0 Å². The van der Waals surface area contributed by atoms with Crippen LogP contribution in [0.3, 0.4) is 0 Å². The Labute approximate surface area is 621 Å². The zero-order valence-corrected chi connectivity index (χ0v) is 61.8. The van der Waals surface area contributed by atoms with Gasteiger partial charge in [-0.15, -0.1) is 4.33 Å². The van der Waals surface area contributed by atoms with Gasteiger partial charge in [0.25, 0.3) is 0 Å². The molecule has 20 atom stereocenters. The summed E-state index contributed by atoms with van der Waals surface area (Å²) in [7, 11) is -39.5. The van der Waals surface area contributed by atoms with Gasteiger partial charge in [0, 0.05) is 70.7 Å². The molecule has 6 heterocycles. The molecule has 109 heavy (non-hydrogen) atoms. The molecule has 0 aromatic rings. The van der Waals surface area contributed by atoms with Gasteiger partial charge in [0.15, 0.2) is 39.2 Å². The molecule has 6 fully saturated rings. The predicted molar refractivity (Wildman–Crippen MR) is 312 cm³/mol. The summed E-state index contributed by atoms with van der Waals surface area (Å²) >= 11 is -0.144. The van der Waals surface area contributed by atoms with Gasteiger partial charge in [0.2, 0.25) is 68.3 Å². The minimum atomic E-state index is -5.52. The van der Waals surface area contributed by atoms with E-state index < -0.39 is 269 Å². The van der Waals surface area contributed by atoms with Gasteiger partial charge < -0.3 is 153 Å². The molecule has 60 nitrogen and oxygen atoms in total. The van der Waals surface area contributed by atoms with Crippen molar-refractivity contribution in [3.05, 3.63) is 0 Å². The summed E-state index contributed by atoms with van der Waals surface area (Å²) < 4.78 is 320. The first-order valence-corrected chi connectivity index (χ1v) is 39.4. The van der Waals surface area contributed by atoms with Gasteiger partial charge in [-0.3, -0.25) is 44.0 Å². The Balaban J connectivity index is -0.00000132. The molecule has 6 aliphatic heterocycles. The molecule has 16 N–H and O–H groups in total. The maximum Gasteiger partial charge on any atom is 0.218 e. The highest BCUT2D eigenvalue weighted by molar-refractivity contribution is 7.89. The average Bonchev–Trinajstić information content (AvgIpc) is 0.797. The van der Waals surface area contributed by atoms with Crippen molar-refractivity contribution in [2.45, 2.75) is 142 Å². The van der Waals surface area contributed by atoms with Crippen molar-refractivity contribution in [3.63, 3.8) is 0 Å². The highest BCUT2D eigenvalue weighted by Gasteiger charge is 2.47. The van der Waals surface area contributed by atoms with Crippen LogP contribution in [0.5, 0.6) is 0 Å². The molecule has 1 amide bonds. The van der Waals surface area contributed by atoms with Crippen LogP contribution in [0.1, 0.15) is 32.6 Å². The first-order valence-electron chi connectivity index (χ1n) is 27.9. The van der Waals surface area contributed by atoms with Crippen LogP contribution in [0.25, 0.3) is 0 Å². The maximum atomic E-state index is 11.3. The number of aliphatic hydroxyl groups excluding tert-OH is 5. The predicted octanol–water partition coefficient (Wildman–Crippen LogP) is -21.8. The minimum absolute atomic E-state index is 0. The number of hydrogen-bond acceptors (Lipinski definition) is 54. The molecule has 0 spiro atoms. The Bertz CT molecular complexity index is 3730. The standard InChI is InChI=1S/C13H24N2O15S3.C8H15NO7S.C7H15NO10S2.C6H10O12S2.C6H10O8S.4H2O/c16-8-1-7(13(17)18)2-15(3-8)4-9-11(6-29-32(22,23)24)28-5-10(14-31(19,20)21)12(9)30-33(25,26)27;1-5(10)9-7-4-15-6(2-8(7)11)3-16-17(12,13)14;1-16-7-6(8-19(10,11)12)5(9)2-4(18-7)3-17-20(13,14)15;7-3-2(16-20(11,12)13)1-14-5(6(8)9)4(3)15-19-18-17-10;7-3-1-4(6(8)9)13-2-5(3)14-15(10,11)12;;;;/h7-12,14,16H,1-6H2,(H,17,18)(H,19,20,21)(H,22,23,24)(H,25,26,27);6-8,11H,2-4H2,1H3,(H,9,10)(H,12,13,14);4-9H,2-3H2,1H3,(H,10,11,12)(H,13,14,15);2-5,7,10H,1H2,(H,8,9)(H,11,12,13);3-5,7H,1-2H2,(H,8,9)(H,10,11,12);4*1H2/p-12/t7?,8-,9-,10?,11?,12-;6?,7?,8-;4?,5-,6?,7+;2?,3-,4+,5?;3-,4?,5?;;;;/m11101..../s1. The van der Waals surface area contributed by atoms with Crippen molar-refractivity contribution in [1.82, 2.24) is 19.7 Å². The number of rotatable bonds is 30. The quantitative estimate of drug-likeness (QED) is 0.00827. The first kappa shape index (κ1) is 110. The molecule has 6 aliphatic rings. The van der Waals surface area contributed by atoms with Gasteiger partial charge >= 0.3 is 0 Å². The minimum Gasteiger partial charge on any atom is -0.735 e. The SMILES string of the molecule is CC(=O)NC1COC(COS(=O)(=O)[O-])C[C@H]1O.CO[C@H]1OC(COS(=O)(=O)[O-])C[C@@H](O)C1NS(=O)(=O)[O-].O.O.O.O.O=C([O-])C1C[C@@H](O)C(OS(=O)(=O)[O-])CO1.O=C([O-])C1C[C@@H](O)CN(C[C@@H]2C(COS(=O)(=O)[O-])OCC(NS(=O)(=O)[O-])[C@@H]2OS(=O)(=O)[O-])C1.O=C([O-])C1OCC(OS(=O)(=O)[O-])[C@H](O)[C@H]1OSOO[O-]. The lowest BCUT2D eigenvalue weighted by molar-refractivity contribution is -0.777. The number of nitrogens with one attached hydrogen (secondary N) is 3. The summed E-state index contributed by atoms with van der Waals surface area (Å²) in [5.74, 6) is -7.72. The average molecular weight is 1790 g/mol. The summed E-state index contributed by atoms with van der Waals surface area (Å²) in [5.41, 5.74) is 0. The number of ether oxygens (including phenoxy) is 6. The maximum absolute atomic E-state index is 11.3. The number of carbonyl (C=O) groups is 4. The van der Waals surface area contributed by atoms with Crippen LogP contribution in [0, 0.1) is 11.8 Å². The molecule has 0 radical (unpaired) electrons. The number of amides is 1. The molecule has 652 valence electrons. The Morgan fingerprint density at radius 1 is 0.532 bits per heavy atom. The molecule has 11 unspecified atom stereocenters. The number of methoxy groups -OCH3 is 1. The second-order valence-corrected chi connectivity index (χ2v) is 30.5. The van der Waals surface area contributed by atoms with E-state index in [9.17, 15) is 169 Å². The van der Waals surface area contributed by atoms with Gasteiger partial charge in [-0.2, -0.15) is 0 Å². The lowest BCUT2D eigenvalue weighted by atomic mass is 9.87. The largest absolute Gasteiger partial charge is 0.735 e. The normalized spacial score (nSPS) is 30.6. The van der Waals surface area contributed by atoms with Crippen molar-refractivity contribution in [1.29, 1.82) is 0 Å². The molecule has 0 aromatic heterocycles. The summed E-state index contributed by atoms with van der Waals surface area (Å²) in [5, 5.41) is 95.5. The summed E-state index contributed by atoms with van der Waals surface area (Å²) in [6.45, 7) is -3.62. The van der Waals surface area contributed by atoms with Gasteiger partial charge in [-0.05, 0) is 6.42 Å². The monoisotopic (exact) mass is 1790 g/mol. The Morgan fingerprint density at radius 2 is 1.03 bits per heavy atom. The lowest BCUT2D eigenvalue weighted by Gasteiger charge is -2.46. The summed E-state index contributed by atoms with van der Waals surface area (Å²) in [4.78, 5) is 44.3. The number of nitrogens with zero attached hydrogens (tertiary/aromatic N) is 1. The van der Waals surface area contributed by atoms with E-state index in [1.807, 2.05) is 0 Å². The van der Waals surface area contributed by atoms with Crippen LogP contribution in [0.4, 0.5) is 0 Å². The third kappa shape index (κ3) is 45.9. The molecule has 0 aliphatic carbocycles. The smallest absolute Gasteiger partial charge is 0.218 e. The van der Waals surface area contributed by atoms with E-state index >= 15 is 0 Å². The third-order valence-electron chi connectivity index (χ3n) is 13.7. The summed E-state index contributed by atoms with van der Waals surface area (Å²) in [6, 6.07) is -3.64. The number of aliphatic carboxylic acids is 3. The van der Waals surface area contributed by atoms with Crippen molar-refractivity contribution < 1.29 is 258 Å². The molecule has 0 aromatic carbocycles. The van der Waals surface area contributed by atoms with E-state index in [2.05, 4.69) is 53.4 Å². The van der Waals surface area contributed by atoms with Crippen molar-refractivity contribution in [2.24, 2.45) is 11.8 Å². The second-order valence-electron chi connectivity index (χ2n) is 21.6. The number of likely N-dealkylation sites (tertiary alicyclic amines) is 1. The molecule has 69 heteroatoms. The van der Waals surface area contributed by atoms with Crippen LogP contribution >= 0.6 is 12.3 Å². The molecular weight excluding hydrogens is 1720 g/mol. The second kappa shape index (κ2) is 48.1. The number of hydrogen-bond donors (Lipinski definition) is 8. The van der Waals surface area contributed by atoms with E-state index in [0.29, 0.717) is 0 Å². The van der Waals surface area contributed by atoms with Crippen LogP contribution in [-0.4, -0.2) is 363 Å². The molecule has 0 bridgehead atoms. The van der Waals surface area contributed by atoms with Crippen LogP contribution in [-0.2, 0) is 169 Å². The van der Waals surface area contributed by atoms with Crippen LogP contribution < -0.4 is 35.3 Å². The third-order valence-corrected chi connectivity index (χ3v) is 18.0. The molecule has 0 saturated carbocycles. The van der Waals surface area contributed by atoms with Crippen molar-refractivity contribution >= 4 is 119 Å². The first-order chi connectivity index (χ1) is 47.8. The van der Waals surface area contributed by atoms with E-state index in [4.69, 9.17) is 18.9 Å². The number of piperidine rings is 1. The molecular formula is C40H70N4O56S9-12. The van der Waals surface area contributed by atoms with Gasteiger partial charge in [-0.1, -0.05) is 0 Å². The number of carboxylic acid groups (broad SMARTS) is 3.